The van der Waals surface area contributed by atoms with E-state index in [1.807, 2.05) is 6.92 Å². The van der Waals surface area contributed by atoms with Gasteiger partial charge in [-0.2, -0.15) is 0 Å². The number of primary amides is 1. The molecule has 1 aromatic carbocycles. The molecule has 0 bridgehead atoms. The van der Waals surface area contributed by atoms with Gasteiger partial charge < -0.3 is 5.73 Å². The predicted octanol–water partition coefficient (Wildman–Crippen LogP) is 1.33. The summed E-state index contributed by atoms with van der Waals surface area (Å²) in [5.41, 5.74) is 5.56. The summed E-state index contributed by atoms with van der Waals surface area (Å²) < 4.78 is 0. The molecule has 17 heavy (non-hydrogen) atoms. The highest BCUT2D eigenvalue weighted by Gasteiger charge is 2.14. The molecule has 0 heterocycles. The molecule has 2 N–H and O–H groups in total. The zero-order valence-electron chi connectivity index (χ0n) is 9.65. The number of benzene rings is 1. The van der Waals surface area contributed by atoms with Crippen LogP contribution >= 0.6 is 11.6 Å². The number of Topliss-reactive ketones (excluding diaryl/α,β-unsaturated/α-hetero) is 1. The normalized spacial score (nSPS) is 10.5. The minimum atomic E-state index is -0.446. The van der Waals surface area contributed by atoms with Crippen LogP contribution in [-0.2, 0) is 4.79 Å². The van der Waals surface area contributed by atoms with Crippen molar-refractivity contribution in [1.82, 2.24) is 4.90 Å². The molecule has 0 aliphatic carbocycles. The summed E-state index contributed by atoms with van der Waals surface area (Å²) in [6.07, 6.45) is 0. The van der Waals surface area contributed by atoms with Crippen molar-refractivity contribution in [1.29, 1.82) is 0 Å². The summed E-state index contributed by atoms with van der Waals surface area (Å²) >= 11 is 5.92. The van der Waals surface area contributed by atoms with Gasteiger partial charge in [-0.05, 0) is 18.7 Å². The van der Waals surface area contributed by atoms with Crippen LogP contribution < -0.4 is 5.73 Å². The van der Waals surface area contributed by atoms with Crippen molar-refractivity contribution in [3.8, 4) is 0 Å². The van der Waals surface area contributed by atoms with Crippen molar-refractivity contribution in [3.05, 3.63) is 34.9 Å². The molecule has 0 fully saturated rings. The van der Waals surface area contributed by atoms with Gasteiger partial charge in [0.15, 0.2) is 5.78 Å². The maximum Gasteiger partial charge on any atom is 0.231 e. The summed E-state index contributed by atoms with van der Waals surface area (Å²) in [6.45, 7) is 2.66. The quantitative estimate of drug-likeness (QED) is 0.779. The molecule has 4 nitrogen and oxygen atoms in total. The van der Waals surface area contributed by atoms with Crippen LogP contribution in [0.5, 0.6) is 0 Å². The van der Waals surface area contributed by atoms with Crippen LogP contribution in [0, 0.1) is 0 Å². The molecule has 0 saturated carbocycles. The van der Waals surface area contributed by atoms with Crippen molar-refractivity contribution in [2.75, 3.05) is 19.6 Å². The lowest BCUT2D eigenvalue weighted by molar-refractivity contribution is -0.118. The molecule has 0 unspecified atom stereocenters. The maximum absolute atomic E-state index is 11.9. The van der Waals surface area contributed by atoms with Gasteiger partial charge in [0, 0.05) is 5.56 Å². The van der Waals surface area contributed by atoms with E-state index in [4.69, 9.17) is 17.3 Å². The highest BCUT2D eigenvalue weighted by Crippen LogP contribution is 2.15. The van der Waals surface area contributed by atoms with Crippen LogP contribution in [0.25, 0.3) is 0 Å². The fourth-order valence-corrected chi connectivity index (χ4v) is 1.72. The molecule has 0 aliphatic heterocycles. The predicted molar refractivity (Wildman–Crippen MR) is 67.1 cm³/mol. The average Bonchev–Trinajstić information content (AvgIpc) is 2.27. The van der Waals surface area contributed by atoms with E-state index in [1.165, 1.54) is 0 Å². The number of carbonyl (C=O) groups excluding carboxylic acids is 2. The number of likely N-dealkylation sites (N-methyl/N-ethyl adjacent to an activating group) is 1. The van der Waals surface area contributed by atoms with Gasteiger partial charge in [0.05, 0.1) is 18.1 Å². The highest BCUT2D eigenvalue weighted by atomic mass is 35.5. The average molecular weight is 255 g/mol. The van der Waals surface area contributed by atoms with Gasteiger partial charge in [-0.15, -0.1) is 0 Å². The van der Waals surface area contributed by atoms with Gasteiger partial charge in [0.1, 0.15) is 0 Å². The van der Waals surface area contributed by atoms with E-state index < -0.39 is 5.91 Å². The van der Waals surface area contributed by atoms with E-state index in [9.17, 15) is 9.59 Å². The first kappa shape index (κ1) is 13.7. The molecule has 0 aliphatic rings. The lowest BCUT2D eigenvalue weighted by Gasteiger charge is -2.17. The van der Waals surface area contributed by atoms with Gasteiger partial charge in [-0.1, -0.05) is 30.7 Å². The molecular formula is C12H15ClN2O2. The highest BCUT2D eigenvalue weighted by molar-refractivity contribution is 6.34. The zero-order valence-corrected chi connectivity index (χ0v) is 10.4. The zero-order chi connectivity index (χ0) is 12.8. The van der Waals surface area contributed by atoms with Crippen LogP contribution in [0.15, 0.2) is 24.3 Å². The fourth-order valence-electron chi connectivity index (χ4n) is 1.48. The second kappa shape index (κ2) is 6.37. The van der Waals surface area contributed by atoms with Gasteiger partial charge in [0.2, 0.25) is 5.91 Å². The van der Waals surface area contributed by atoms with Gasteiger partial charge in [-0.25, -0.2) is 0 Å². The summed E-state index contributed by atoms with van der Waals surface area (Å²) in [5, 5.41) is 0.424. The molecule has 5 heteroatoms. The molecule has 0 atom stereocenters. The molecular weight excluding hydrogens is 240 g/mol. The number of nitrogens with two attached hydrogens (primary N) is 1. The molecule has 0 radical (unpaired) electrons. The first-order chi connectivity index (χ1) is 8.04. The molecule has 0 spiro atoms. The first-order valence-corrected chi connectivity index (χ1v) is 5.70. The van der Waals surface area contributed by atoms with Gasteiger partial charge in [0.25, 0.3) is 0 Å². The number of hydrogen-bond acceptors (Lipinski definition) is 3. The van der Waals surface area contributed by atoms with E-state index in [1.54, 1.807) is 29.2 Å². The van der Waals surface area contributed by atoms with Gasteiger partial charge in [-0.3, -0.25) is 14.5 Å². The van der Waals surface area contributed by atoms with E-state index >= 15 is 0 Å². The second-order valence-electron chi connectivity index (χ2n) is 3.67. The third-order valence-electron chi connectivity index (χ3n) is 2.37. The third-order valence-corrected chi connectivity index (χ3v) is 2.70. The summed E-state index contributed by atoms with van der Waals surface area (Å²) in [4.78, 5) is 24.4. The standard InChI is InChI=1S/C12H15ClN2O2/c1-2-15(8-12(14)17)7-11(16)9-5-3-4-6-10(9)13/h3-6H,2,7-8H2,1H3,(H2,14,17). The lowest BCUT2D eigenvalue weighted by Crippen LogP contribution is -2.37. The summed E-state index contributed by atoms with van der Waals surface area (Å²) in [5.74, 6) is -0.558. The lowest BCUT2D eigenvalue weighted by atomic mass is 10.1. The van der Waals surface area contributed by atoms with Crippen LogP contribution in [-0.4, -0.2) is 36.2 Å². The van der Waals surface area contributed by atoms with Crippen molar-refractivity contribution in [2.45, 2.75) is 6.92 Å². The fraction of sp³-hybridized carbons (Fsp3) is 0.333. The number of nitrogens with zero attached hydrogens (tertiary/aromatic N) is 1. The molecule has 0 saturated heterocycles. The van der Waals surface area contributed by atoms with E-state index in [-0.39, 0.29) is 18.9 Å². The van der Waals surface area contributed by atoms with E-state index in [0.29, 0.717) is 17.1 Å². The molecule has 1 rings (SSSR count). The Morgan fingerprint density at radius 2 is 1.94 bits per heavy atom. The Balaban J connectivity index is 2.71. The number of rotatable bonds is 6. The monoisotopic (exact) mass is 254 g/mol. The van der Waals surface area contributed by atoms with Crippen LogP contribution in [0.4, 0.5) is 0 Å². The Hall–Kier alpha value is -1.39. The number of carbonyl (C=O) groups is 2. The Morgan fingerprint density at radius 3 is 2.47 bits per heavy atom. The van der Waals surface area contributed by atoms with Crippen molar-refractivity contribution >= 4 is 23.3 Å². The van der Waals surface area contributed by atoms with Crippen LogP contribution in [0.3, 0.4) is 0 Å². The minimum Gasteiger partial charge on any atom is -0.369 e. The molecule has 1 amide bonds. The van der Waals surface area contributed by atoms with Crippen LogP contribution in [0.2, 0.25) is 5.02 Å². The number of hydrogen-bond donors (Lipinski definition) is 1. The number of amides is 1. The van der Waals surface area contributed by atoms with E-state index in [0.717, 1.165) is 0 Å². The number of halogens is 1. The third kappa shape index (κ3) is 4.17. The maximum atomic E-state index is 11.9. The van der Waals surface area contributed by atoms with Crippen molar-refractivity contribution < 1.29 is 9.59 Å². The smallest absolute Gasteiger partial charge is 0.231 e. The first-order valence-electron chi connectivity index (χ1n) is 5.33. The van der Waals surface area contributed by atoms with Gasteiger partial charge >= 0.3 is 0 Å². The topological polar surface area (TPSA) is 63.4 Å². The van der Waals surface area contributed by atoms with Crippen molar-refractivity contribution in [2.24, 2.45) is 5.73 Å². The number of ketones is 1. The SMILES string of the molecule is CCN(CC(N)=O)CC(=O)c1ccccc1Cl. The Bertz CT molecular complexity index is 421. The Morgan fingerprint density at radius 1 is 1.29 bits per heavy atom. The van der Waals surface area contributed by atoms with E-state index in [2.05, 4.69) is 0 Å². The Kier molecular flexibility index (Phi) is 5.12. The summed E-state index contributed by atoms with van der Waals surface area (Å²) in [7, 11) is 0. The molecule has 0 aromatic heterocycles. The van der Waals surface area contributed by atoms with Crippen LogP contribution in [0.1, 0.15) is 17.3 Å². The largest absolute Gasteiger partial charge is 0.369 e. The Labute approximate surface area is 105 Å². The molecule has 1 aromatic rings. The minimum absolute atomic E-state index is 0.0761. The summed E-state index contributed by atoms with van der Waals surface area (Å²) in [6, 6.07) is 6.85. The molecule has 92 valence electrons. The second-order valence-corrected chi connectivity index (χ2v) is 4.08. The van der Waals surface area contributed by atoms with Crippen molar-refractivity contribution in [3.63, 3.8) is 0 Å².